The van der Waals surface area contributed by atoms with Crippen molar-refractivity contribution < 1.29 is 9.18 Å². The standard InChI is InChI=1S/C14H14FN3O/c1-9-2-3-10(6-11(9)15)14(19)18-5-4-12-13(7-18)17-8-16-12/h2-3,6,8H,4-5,7H2,1H3,(H,16,17). The van der Waals surface area contributed by atoms with Gasteiger partial charge in [-0.2, -0.15) is 0 Å². The minimum absolute atomic E-state index is 0.140. The first-order valence-corrected chi connectivity index (χ1v) is 6.21. The van der Waals surface area contributed by atoms with Gasteiger partial charge in [-0.25, -0.2) is 9.37 Å². The van der Waals surface area contributed by atoms with E-state index < -0.39 is 0 Å². The summed E-state index contributed by atoms with van der Waals surface area (Å²) in [7, 11) is 0. The van der Waals surface area contributed by atoms with E-state index in [2.05, 4.69) is 9.97 Å². The first kappa shape index (κ1) is 11.9. The van der Waals surface area contributed by atoms with Crippen LogP contribution in [0.15, 0.2) is 24.5 Å². The average Bonchev–Trinajstić information content (AvgIpc) is 2.88. The van der Waals surface area contributed by atoms with Gasteiger partial charge in [-0.3, -0.25) is 4.79 Å². The summed E-state index contributed by atoms with van der Waals surface area (Å²) in [5, 5.41) is 0. The van der Waals surface area contributed by atoms with Gasteiger partial charge in [0.1, 0.15) is 5.82 Å². The van der Waals surface area contributed by atoms with Gasteiger partial charge in [0.05, 0.1) is 24.3 Å². The average molecular weight is 259 g/mol. The molecule has 1 aromatic heterocycles. The topological polar surface area (TPSA) is 49.0 Å². The highest BCUT2D eigenvalue weighted by Gasteiger charge is 2.23. The summed E-state index contributed by atoms with van der Waals surface area (Å²) >= 11 is 0. The predicted octanol–water partition coefficient (Wildman–Crippen LogP) is 2.06. The van der Waals surface area contributed by atoms with Crippen LogP contribution in [0.5, 0.6) is 0 Å². The Balaban J connectivity index is 1.83. The first-order chi connectivity index (χ1) is 9.15. The van der Waals surface area contributed by atoms with Gasteiger partial charge < -0.3 is 9.88 Å². The van der Waals surface area contributed by atoms with Crippen molar-refractivity contribution in [3.63, 3.8) is 0 Å². The largest absolute Gasteiger partial charge is 0.347 e. The quantitative estimate of drug-likeness (QED) is 0.852. The molecule has 0 radical (unpaired) electrons. The number of hydrogen-bond acceptors (Lipinski definition) is 2. The number of aromatic amines is 1. The molecule has 1 amide bonds. The fourth-order valence-corrected chi connectivity index (χ4v) is 2.29. The van der Waals surface area contributed by atoms with E-state index in [4.69, 9.17) is 0 Å². The number of fused-ring (bicyclic) bond motifs is 1. The molecule has 0 bridgehead atoms. The Kier molecular flexibility index (Phi) is 2.81. The first-order valence-electron chi connectivity index (χ1n) is 6.21. The molecule has 1 aliphatic rings. The molecule has 0 saturated heterocycles. The van der Waals surface area contributed by atoms with E-state index in [1.165, 1.54) is 6.07 Å². The zero-order valence-corrected chi connectivity index (χ0v) is 10.6. The summed E-state index contributed by atoms with van der Waals surface area (Å²) in [6, 6.07) is 4.61. The van der Waals surface area contributed by atoms with Crippen molar-refractivity contribution >= 4 is 5.91 Å². The number of amides is 1. The Morgan fingerprint density at radius 1 is 1.47 bits per heavy atom. The number of carbonyl (C=O) groups is 1. The van der Waals surface area contributed by atoms with Gasteiger partial charge in [-0.1, -0.05) is 6.07 Å². The fraction of sp³-hybridized carbons (Fsp3) is 0.286. The van der Waals surface area contributed by atoms with Crippen LogP contribution in [0, 0.1) is 12.7 Å². The molecule has 0 spiro atoms. The molecule has 2 aromatic rings. The number of nitrogens with one attached hydrogen (secondary N) is 1. The summed E-state index contributed by atoms with van der Waals surface area (Å²) in [6.07, 6.45) is 2.38. The van der Waals surface area contributed by atoms with E-state index in [0.29, 0.717) is 24.2 Å². The summed E-state index contributed by atoms with van der Waals surface area (Å²) in [5.41, 5.74) is 2.92. The molecule has 0 aliphatic carbocycles. The van der Waals surface area contributed by atoms with E-state index in [0.717, 1.165) is 17.8 Å². The van der Waals surface area contributed by atoms with E-state index in [-0.39, 0.29) is 11.7 Å². The molecule has 0 unspecified atom stereocenters. The lowest BCUT2D eigenvalue weighted by Crippen LogP contribution is -2.36. The molecule has 2 heterocycles. The Morgan fingerprint density at radius 2 is 2.32 bits per heavy atom. The number of H-pyrrole nitrogens is 1. The number of benzene rings is 1. The number of carbonyl (C=O) groups excluding carboxylic acids is 1. The van der Waals surface area contributed by atoms with Crippen LogP contribution in [0.1, 0.15) is 27.3 Å². The van der Waals surface area contributed by atoms with Gasteiger partial charge in [0.15, 0.2) is 0 Å². The van der Waals surface area contributed by atoms with Crippen molar-refractivity contribution in [3.05, 3.63) is 52.9 Å². The minimum Gasteiger partial charge on any atom is -0.347 e. The summed E-state index contributed by atoms with van der Waals surface area (Å²) < 4.78 is 13.5. The fourth-order valence-electron chi connectivity index (χ4n) is 2.29. The number of aryl methyl sites for hydroxylation is 1. The monoisotopic (exact) mass is 259 g/mol. The molecular formula is C14H14FN3O. The highest BCUT2D eigenvalue weighted by atomic mass is 19.1. The molecule has 5 heteroatoms. The smallest absolute Gasteiger partial charge is 0.254 e. The molecule has 0 saturated carbocycles. The summed E-state index contributed by atoms with van der Waals surface area (Å²) in [5.74, 6) is -0.482. The molecule has 98 valence electrons. The van der Waals surface area contributed by atoms with Crippen LogP contribution in [0.25, 0.3) is 0 Å². The third-order valence-corrected chi connectivity index (χ3v) is 3.48. The molecule has 4 nitrogen and oxygen atoms in total. The van der Waals surface area contributed by atoms with Crippen molar-refractivity contribution in [2.24, 2.45) is 0 Å². The highest BCUT2D eigenvalue weighted by Crippen LogP contribution is 2.18. The summed E-state index contributed by atoms with van der Waals surface area (Å²) in [6.45, 7) is 2.80. The maximum atomic E-state index is 13.5. The Bertz CT molecular complexity index is 635. The van der Waals surface area contributed by atoms with Crippen LogP contribution >= 0.6 is 0 Å². The Labute approximate surface area is 110 Å². The second-order valence-corrected chi connectivity index (χ2v) is 4.77. The summed E-state index contributed by atoms with van der Waals surface area (Å²) in [4.78, 5) is 21.3. The van der Waals surface area contributed by atoms with Crippen molar-refractivity contribution in [1.29, 1.82) is 0 Å². The maximum Gasteiger partial charge on any atom is 0.254 e. The minimum atomic E-state index is -0.343. The lowest BCUT2D eigenvalue weighted by atomic mass is 10.1. The number of aromatic nitrogens is 2. The Morgan fingerprint density at radius 3 is 3.11 bits per heavy atom. The molecule has 0 fully saturated rings. The van der Waals surface area contributed by atoms with Gasteiger partial charge in [-0.15, -0.1) is 0 Å². The van der Waals surface area contributed by atoms with Gasteiger partial charge in [-0.05, 0) is 24.6 Å². The van der Waals surface area contributed by atoms with Crippen LogP contribution < -0.4 is 0 Å². The molecular weight excluding hydrogens is 245 g/mol. The van der Waals surface area contributed by atoms with E-state index in [9.17, 15) is 9.18 Å². The van der Waals surface area contributed by atoms with Crippen molar-refractivity contribution in [1.82, 2.24) is 14.9 Å². The van der Waals surface area contributed by atoms with Gasteiger partial charge in [0.2, 0.25) is 0 Å². The van der Waals surface area contributed by atoms with Crippen LogP contribution in [-0.4, -0.2) is 27.3 Å². The van der Waals surface area contributed by atoms with Crippen molar-refractivity contribution in [2.45, 2.75) is 19.9 Å². The van der Waals surface area contributed by atoms with E-state index >= 15 is 0 Å². The van der Waals surface area contributed by atoms with Gasteiger partial charge >= 0.3 is 0 Å². The SMILES string of the molecule is Cc1ccc(C(=O)N2CCc3nc[nH]c3C2)cc1F. The van der Waals surface area contributed by atoms with Crippen LogP contribution in [0.4, 0.5) is 4.39 Å². The Hall–Kier alpha value is -2.17. The number of hydrogen-bond donors (Lipinski definition) is 1. The van der Waals surface area contributed by atoms with Gasteiger partial charge in [0, 0.05) is 18.5 Å². The lowest BCUT2D eigenvalue weighted by molar-refractivity contribution is 0.0731. The normalized spacial score (nSPS) is 14.3. The molecule has 1 aliphatic heterocycles. The molecule has 1 aromatic carbocycles. The number of nitrogens with zero attached hydrogens (tertiary/aromatic N) is 2. The van der Waals surface area contributed by atoms with Crippen LogP contribution in [-0.2, 0) is 13.0 Å². The second kappa shape index (κ2) is 4.50. The second-order valence-electron chi connectivity index (χ2n) is 4.77. The van der Waals surface area contributed by atoms with Crippen molar-refractivity contribution in [2.75, 3.05) is 6.54 Å². The third kappa shape index (κ3) is 2.12. The van der Waals surface area contributed by atoms with E-state index in [1.54, 1.807) is 30.3 Å². The molecule has 3 rings (SSSR count). The van der Waals surface area contributed by atoms with E-state index in [1.807, 2.05) is 0 Å². The predicted molar refractivity (Wildman–Crippen MR) is 68.2 cm³/mol. The molecule has 0 atom stereocenters. The highest BCUT2D eigenvalue weighted by molar-refractivity contribution is 5.94. The zero-order valence-electron chi connectivity index (χ0n) is 10.6. The molecule has 1 N–H and O–H groups in total. The number of halogens is 1. The maximum absolute atomic E-state index is 13.5. The molecule has 19 heavy (non-hydrogen) atoms. The van der Waals surface area contributed by atoms with Crippen LogP contribution in [0.2, 0.25) is 0 Å². The third-order valence-electron chi connectivity index (χ3n) is 3.48. The van der Waals surface area contributed by atoms with Gasteiger partial charge in [0.25, 0.3) is 5.91 Å². The van der Waals surface area contributed by atoms with Crippen LogP contribution in [0.3, 0.4) is 0 Å². The number of imidazole rings is 1. The number of rotatable bonds is 1. The lowest BCUT2D eigenvalue weighted by Gasteiger charge is -2.26. The zero-order chi connectivity index (χ0) is 13.4. The van der Waals surface area contributed by atoms with Crippen molar-refractivity contribution in [3.8, 4) is 0 Å².